The van der Waals surface area contributed by atoms with E-state index in [-0.39, 0.29) is 12.1 Å². The number of benzene rings is 1. The minimum atomic E-state index is -1.13. The molecular formula is C12H10FN3O4. The van der Waals surface area contributed by atoms with E-state index < -0.39 is 23.2 Å². The third-order valence-electron chi connectivity index (χ3n) is 2.58. The molecule has 0 atom stereocenters. The first kappa shape index (κ1) is 13.5. The van der Waals surface area contributed by atoms with Gasteiger partial charge in [0.1, 0.15) is 5.82 Å². The van der Waals surface area contributed by atoms with E-state index in [9.17, 15) is 18.8 Å². The van der Waals surface area contributed by atoms with Crippen molar-refractivity contribution in [1.29, 1.82) is 0 Å². The van der Waals surface area contributed by atoms with Crippen LogP contribution in [0.15, 0.2) is 33.9 Å². The van der Waals surface area contributed by atoms with Gasteiger partial charge in [-0.2, -0.15) is 0 Å². The first-order valence-corrected chi connectivity index (χ1v) is 5.54. The molecule has 0 saturated heterocycles. The molecule has 1 aromatic heterocycles. The molecule has 20 heavy (non-hydrogen) atoms. The molecule has 104 valence electrons. The van der Waals surface area contributed by atoms with Crippen LogP contribution in [-0.2, 0) is 11.3 Å². The number of hydrogen-bond donors (Lipinski definition) is 3. The largest absolute Gasteiger partial charge is 0.478 e. The molecule has 1 aromatic carbocycles. The van der Waals surface area contributed by atoms with Gasteiger partial charge >= 0.3 is 17.3 Å². The predicted octanol–water partition coefficient (Wildman–Crippen LogP) is 0.150. The van der Waals surface area contributed by atoms with Gasteiger partial charge in [0.25, 0.3) is 0 Å². The smallest absolute Gasteiger partial charge is 0.344 e. The lowest BCUT2D eigenvalue weighted by Crippen LogP contribution is -2.27. The van der Waals surface area contributed by atoms with Gasteiger partial charge in [0.05, 0.1) is 6.54 Å². The topological polar surface area (TPSA) is 108 Å². The number of hydrogen-bond acceptors (Lipinski definition) is 3. The number of carboxylic acid groups (broad SMARTS) is 1. The molecule has 0 unspecified atom stereocenters. The summed E-state index contributed by atoms with van der Waals surface area (Å²) in [5.41, 5.74) is -0.810. The summed E-state index contributed by atoms with van der Waals surface area (Å²) in [7, 11) is 0. The lowest BCUT2D eigenvalue weighted by atomic mass is 10.1. The molecule has 1 heterocycles. The maximum Gasteiger partial charge on any atom is 0.344 e. The molecule has 0 aliphatic rings. The highest BCUT2D eigenvalue weighted by molar-refractivity contribution is 5.85. The van der Waals surface area contributed by atoms with Crippen LogP contribution in [0.3, 0.4) is 0 Å². The fourth-order valence-electron chi connectivity index (χ4n) is 1.64. The van der Waals surface area contributed by atoms with Crippen molar-refractivity contribution in [3.63, 3.8) is 0 Å². The summed E-state index contributed by atoms with van der Waals surface area (Å²) >= 11 is 0. The van der Waals surface area contributed by atoms with Crippen molar-refractivity contribution in [2.75, 3.05) is 0 Å². The van der Waals surface area contributed by atoms with Crippen molar-refractivity contribution in [3.8, 4) is 0 Å². The molecule has 2 rings (SSSR count). The van der Waals surface area contributed by atoms with Gasteiger partial charge < -0.3 is 5.11 Å². The van der Waals surface area contributed by atoms with Crippen molar-refractivity contribution < 1.29 is 14.3 Å². The highest BCUT2D eigenvalue weighted by Crippen LogP contribution is 2.12. The van der Waals surface area contributed by atoms with Crippen molar-refractivity contribution in [2.45, 2.75) is 6.54 Å². The zero-order valence-corrected chi connectivity index (χ0v) is 10.1. The number of halogens is 1. The lowest BCUT2D eigenvalue weighted by Gasteiger charge is -2.04. The molecule has 0 saturated carbocycles. The number of carboxylic acids is 1. The Labute approximate surface area is 111 Å². The average molecular weight is 279 g/mol. The molecule has 0 bridgehead atoms. The first-order valence-electron chi connectivity index (χ1n) is 5.54. The first-order chi connectivity index (χ1) is 9.47. The van der Waals surface area contributed by atoms with Crippen LogP contribution >= 0.6 is 0 Å². The van der Waals surface area contributed by atoms with Crippen molar-refractivity contribution in [2.24, 2.45) is 0 Å². The van der Waals surface area contributed by atoms with Crippen molar-refractivity contribution >= 4 is 12.0 Å². The van der Waals surface area contributed by atoms with Crippen LogP contribution in [0.5, 0.6) is 0 Å². The molecule has 2 aromatic rings. The minimum absolute atomic E-state index is 0.102. The lowest BCUT2D eigenvalue weighted by molar-refractivity contribution is -0.131. The molecule has 0 spiro atoms. The van der Waals surface area contributed by atoms with Crippen LogP contribution in [0, 0.1) is 5.82 Å². The molecule has 3 N–H and O–H groups in total. The highest BCUT2D eigenvalue weighted by atomic mass is 19.1. The van der Waals surface area contributed by atoms with E-state index in [2.05, 4.69) is 10.2 Å². The van der Waals surface area contributed by atoms with Gasteiger partial charge in [-0.25, -0.2) is 33.5 Å². The van der Waals surface area contributed by atoms with E-state index in [1.807, 2.05) is 0 Å². The molecule has 0 fully saturated rings. The van der Waals surface area contributed by atoms with E-state index in [0.717, 1.165) is 16.7 Å². The molecular weight excluding hydrogens is 269 g/mol. The van der Waals surface area contributed by atoms with Crippen LogP contribution in [-0.4, -0.2) is 25.8 Å². The van der Waals surface area contributed by atoms with Crippen LogP contribution in [0.2, 0.25) is 0 Å². The zero-order chi connectivity index (χ0) is 14.7. The summed E-state index contributed by atoms with van der Waals surface area (Å²) in [5, 5.41) is 12.7. The Hall–Kier alpha value is -2.90. The predicted molar refractivity (Wildman–Crippen MR) is 67.8 cm³/mol. The summed E-state index contributed by atoms with van der Waals surface area (Å²) in [4.78, 5) is 33.0. The van der Waals surface area contributed by atoms with E-state index in [0.29, 0.717) is 5.56 Å². The number of H-pyrrole nitrogens is 2. The second-order valence-corrected chi connectivity index (χ2v) is 3.97. The molecule has 0 aliphatic carbocycles. The summed E-state index contributed by atoms with van der Waals surface area (Å²) < 4.78 is 14.4. The number of rotatable bonds is 4. The van der Waals surface area contributed by atoms with Gasteiger partial charge in [0.2, 0.25) is 0 Å². The van der Waals surface area contributed by atoms with E-state index >= 15 is 0 Å². The highest BCUT2D eigenvalue weighted by Gasteiger charge is 2.08. The van der Waals surface area contributed by atoms with Crippen LogP contribution in [0.1, 0.15) is 11.1 Å². The van der Waals surface area contributed by atoms with Crippen molar-refractivity contribution in [3.05, 3.63) is 62.2 Å². The Bertz CT molecular complexity index is 757. The fourth-order valence-corrected chi connectivity index (χ4v) is 1.64. The third-order valence-corrected chi connectivity index (χ3v) is 2.58. The van der Waals surface area contributed by atoms with Gasteiger partial charge in [-0.3, -0.25) is 0 Å². The average Bonchev–Trinajstić information content (AvgIpc) is 2.71. The SMILES string of the molecule is O=C(O)/C=C/c1ccc(F)c(Cn2c(=O)[nH][nH]c2=O)c1. The Morgan fingerprint density at radius 2 is 1.95 bits per heavy atom. The minimum Gasteiger partial charge on any atom is -0.478 e. The molecule has 7 nitrogen and oxygen atoms in total. The number of aromatic amines is 2. The fraction of sp³-hybridized carbons (Fsp3) is 0.0833. The summed E-state index contributed by atoms with van der Waals surface area (Å²) in [6.07, 6.45) is 2.20. The van der Waals surface area contributed by atoms with Gasteiger partial charge in [-0.15, -0.1) is 0 Å². The van der Waals surface area contributed by atoms with Crippen LogP contribution in [0.4, 0.5) is 4.39 Å². The standard InChI is InChI=1S/C12H10FN3O4/c13-9-3-1-7(2-4-10(17)18)5-8(9)6-16-11(19)14-15-12(16)20/h1-5H,6H2,(H,14,19)(H,15,20)(H,17,18)/b4-2+. The molecule has 0 amide bonds. The van der Waals surface area contributed by atoms with Crippen LogP contribution in [0.25, 0.3) is 6.08 Å². The van der Waals surface area contributed by atoms with Gasteiger partial charge in [-0.05, 0) is 23.8 Å². The number of aromatic nitrogens is 3. The summed E-state index contributed by atoms with van der Waals surface area (Å²) in [5.74, 6) is -1.72. The van der Waals surface area contributed by atoms with Gasteiger partial charge in [0, 0.05) is 11.6 Å². The van der Waals surface area contributed by atoms with E-state index in [4.69, 9.17) is 5.11 Å². The monoisotopic (exact) mass is 279 g/mol. The maximum atomic E-state index is 13.6. The maximum absolute atomic E-state index is 13.6. The Balaban J connectivity index is 2.37. The Morgan fingerprint density at radius 1 is 1.30 bits per heavy atom. The quantitative estimate of drug-likeness (QED) is 0.692. The number of aliphatic carboxylic acids is 1. The normalized spacial score (nSPS) is 11.1. The van der Waals surface area contributed by atoms with Gasteiger partial charge in [0.15, 0.2) is 0 Å². The molecule has 0 aliphatic heterocycles. The summed E-state index contributed by atoms with van der Waals surface area (Å²) in [6, 6.07) is 3.90. The molecule has 8 heteroatoms. The van der Waals surface area contributed by atoms with E-state index in [1.165, 1.54) is 18.2 Å². The van der Waals surface area contributed by atoms with Crippen molar-refractivity contribution in [1.82, 2.24) is 14.8 Å². The van der Waals surface area contributed by atoms with E-state index in [1.54, 1.807) is 0 Å². The molecule has 0 radical (unpaired) electrons. The number of nitrogens with one attached hydrogen (secondary N) is 2. The number of nitrogens with zero attached hydrogens (tertiary/aromatic N) is 1. The number of carbonyl (C=O) groups is 1. The van der Waals surface area contributed by atoms with Gasteiger partial charge in [-0.1, -0.05) is 6.07 Å². The van der Waals surface area contributed by atoms with Crippen LogP contribution < -0.4 is 11.4 Å². The second kappa shape index (κ2) is 5.39. The Morgan fingerprint density at radius 3 is 2.55 bits per heavy atom. The third kappa shape index (κ3) is 2.91. The summed E-state index contributed by atoms with van der Waals surface area (Å²) in [6.45, 7) is -0.252. The Kier molecular flexibility index (Phi) is 3.65. The zero-order valence-electron chi connectivity index (χ0n) is 10.1. The second-order valence-electron chi connectivity index (χ2n) is 3.97.